The van der Waals surface area contributed by atoms with Crippen molar-refractivity contribution in [1.82, 2.24) is 9.71 Å². The number of carbonyl (C=O) groups is 1. The van der Waals surface area contributed by atoms with Gasteiger partial charge in [-0.1, -0.05) is 0 Å². The summed E-state index contributed by atoms with van der Waals surface area (Å²) in [5, 5.41) is 8.13. The fourth-order valence-electron chi connectivity index (χ4n) is 1.65. The Balaban J connectivity index is 2.18. The van der Waals surface area contributed by atoms with Crippen molar-refractivity contribution >= 4 is 16.0 Å². The van der Waals surface area contributed by atoms with Gasteiger partial charge >= 0.3 is 5.97 Å². The van der Waals surface area contributed by atoms with Gasteiger partial charge in [-0.2, -0.15) is 0 Å². The van der Waals surface area contributed by atoms with Crippen LogP contribution in [0.4, 0.5) is 4.39 Å². The van der Waals surface area contributed by atoms with Crippen LogP contribution in [0, 0.1) is 12.7 Å². The van der Waals surface area contributed by atoms with E-state index in [0.29, 0.717) is 0 Å². The Bertz CT molecular complexity index is 785. The zero-order valence-corrected chi connectivity index (χ0v) is 11.6. The van der Waals surface area contributed by atoms with Crippen LogP contribution < -0.4 is 4.72 Å². The molecule has 0 aliphatic heterocycles. The van der Waals surface area contributed by atoms with E-state index in [0.717, 1.165) is 12.3 Å². The number of hydrogen-bond donors (Lipinski definition) is 2. The van der Waals surface area contributed by atoms with Gasteiger partial charge in [0.05, 0.1) is 6.54 Å². The highest BCUT2D eigenvalue weighted by molar-refractivity contribution is 7.89. The van der Waals surface area contributed by atoms with Crippen molar-refractivity contribution in [1.29, 1.82) is 0 Å². The number of aromatic carboxylic acids is 1. The second-order valence-electron chi connectivity index (χ2n) is 4.10. The molecule has 2 heterocycles. The third-order valence-corrected chi connectivity index (χ3v) is 3.95. The first kappa shape index (κ1) is 15.1. The molecule has 21 heavy (non-hydrogen) atoms. The number of nitrogens with one attached hydrogen (secondary N) is 1. The van der Waals surface area contributed by atoms with E-state index in [1.165, 1.54) is 19.1 Å². The molecule has 9 heteroatoms. The van der Waals surface area contributed by atoms with Crippen LogP contribution in [0.1, 0.15) is 21.9 Å². The summed E-state index contributed by atoms with van der Waals surface area (Å²) in [7, 11) is -4.16. The largest absolute Gasteiger partial charge is 0.478 e. The molecule has 0 aliphatic carbocycles. The van der Waals surface area contributed by atoms with E-state index >= 15 is 0 Å². The van der Waals surface area contributed by atoms with Gasteiger partial charge in [0.25, 0.3) is 10.0 Å². The summed E-state index contributed by atoms with van der Waals surface area (Å²) < 4.78 is 44.4. The van der Waals surface area contributed by atoms with E-state index in [2.05, 4.69) is 9.71 Å². The number of nitrogens with zero attached hydrogens (tertiary/aromatic N) is 1. The van der Waals surface area contributed by atoms with Crippen molar-refractivity contribution in [2.24, 2.45) is 0 Å². The van der Waals surface area contributed by atoms with Gasteiger partial charge in [0.2, 0.25) is 5.03 Å². The van der Waals surface area contributed by atoms with E-state index < -0.39 is 26.8 Å². The number of aryl methyl sites for hydroxylation is 1. The second-order valence-corrected chi connectivity index (χ2v) is 5.78. The van der Waals surface area contributed by atoms with E-state index in [4.69, 9.17) is 9.52 Å². The van der Waals surface area contributed by atoms with Crippen molar-refractivity contribution in [3.8, 4) is 0 Å². The van der Waals surface area contributed by atoms with Gasteiger partial charge in [0.1, 0.15) is 17.1 Å². The minimum Gasteiger partial charge on any atom is -0.478 e. The molecular formula is C12H11FN2O5S. The lowest BCUT2D eigenvalue weighted by Crippen LogP contribution is -2.25. The van der Waals surface area contributed by atoms with Gasteiger partial charge < -0.3 is 9.52 Å². The number of sulfonamides is 1. The molecule has 0 aliphatic rings. The van der Waals surface area contributed by atoms with Crippen molar-refractivity contribution in [2.75, 3.05) is 0 Å². The van der Waals surface area contributed by atoms with Crippen LogP contribution >= 0.6 is 0 Å². The molecule has 0 spiro atoms. The van der Waals surface area contributed by atoms with E-state index in [9.17, 15) is 17.6 Å². The number of aromatic nitrogens is 1. The summed E-state index contributed by atoms with van der Waals surface area (Å²) in [6, 6.07) is 3.44. The Morgan fingerprint density at radius 3 is 2.81 bits per heavy atom. The van der Waals surface area contributed by atoms with Crippen LogP contribution in [0.15, 0.2) is 33.8 Å². The first-order chi connectivity index (χ1) is 9.81. The number of rotatable bonds is 5. The summed E-state index contributed by atoms with van der Waals surface area (Å²) in [5.41, 5.74) is -0.0618. The van der Waals surface area contributed by atoms with Crippen LogP contribution in [0.2, 0.25) is 0 Å². The van der Waals surface area contributed by atoms with E-state index in [-0.39, 0.29) is 23.6 Å². The maximum atomic E-state index is 13.4. The van der Waals surface area contributed by atoms with Crippen LogP contribution in [0.3, 0.4) is 0 Å². The average Bonchev–Trinajstić information content (AvgIpc) is 2.78. The molecule has 2 aromatic rings. The number of carboxylic acids is 1. The van der Waals surface area contributed by atoms with Gasteiger partial charge in [0, 0.05) is 6.20 Å². The summed E-state index contributed by atoms with van der Waals surface area (Å²) in [6.45, 7) is 1.13. The van der Waals surface area contributed by atoms with Crippen molar-refractivity contribution < 1.29 is 27.1 Å². The molecule has 0 atom stereocenters. The van der Waals surface area contributed by atoms with Crippen LogP contribution in [-0.4, -0.2) is 24.5 Å². The molecule has 2 N–H and O–H groups in total. The molecule has 0 unspecified atom stereocenters. The number of carboxylic acid groups (broad SMARTS) is 1. The van der Waals surface area contributed by atoms with Gasteiger partial charge in [-0.05, 0) is 25.1 Å². The minimum absolute atomic E-state index is 0.0618. The van der Waals surface area contributed by atoms with Gasteiger partial charge in [-0.25, -0.2) is 27.3 Å². The van der Waals surface area contributed by atoms with Crippen molar-refractivity contribution in [3.05, 3.63) is 47.3 Å². The number of furan rings is 1. The predicted molar refractivity (Wildman–Crippen MR) is 68.6 cm³/mol. The zero-order valence-electron chi connectivity index (χ0n) is 10.8. The maximum absolute atomic E-state index is 13.4. The summed E-state index contributed by atoms with van der Waals surface area (Å²) in [5.74, 6) is -1.90. The average molecular weight is 314 g/mol. The lowest BCUT2D eigenvalue weighted by atomic mass is 10.2. The summed E-state index contributed by atoms with van der Waals surface area (Å²) in [4.78, 5) is 14.3. The van der Waals surface area contributed by atoms with Gasteiger partial charge in [0.15, 0.2) is 5.82 Å². The Kier molecular flexibility index (Phi) is 4.05. The Morgan fingerprint density at radius 1 is 1.52 bits per heavy atom. The zero-order chi connectivity index (χ0) is 15.6. The third-order valence-electron chi connectivity index (χ3n) is 2.61. The highest BCUT2D eigenvalue weighted by Gasteiger charge is 2.21. The standard InChI is InChI=1S/C12H11FN2O5S/c1-7-9(12(16)17)5-8(20-7)6-15-21(18,19)11-10(13)3-2-4-14-11/h2-5,15H,6H2,1H3,(H,16,17). The second kappa shape index (κ2) is 5.62. The number of pyridine rings is 1. The first-order valence-corrected chi connectivity index (χ1v) is 7.22. The van der Waals surface area contributed by atoms with Crippen molar-refractivity contribution in [2.45, 2.75) is 18.5 Å². The first-order valence-electron chi connectivity index (χ1n) is 5.74. The SMILES string of the molecule is Cc1oc(CNS(=O)(=O)c2ncccc2F)cc1C(=O)O. The normalized spacial score (nSPS) is 11.5. The quantitative estimate of drug-likeness (QED) is 0.861. The van der Waals surface area contributed by atoms with Crippen molar-refractivity contribution in [3.63, 3.8) is 0 Å². The topological polar surface area (TPSA) is 110 Å². The molecule has 0 saturated carbocycles. The molecule has 0 saturated heterocycles. The molecule has 2 rings (SSSR count). The maximum Gasteiger partial charge on any atom is 0.339 e. The molecule has 0 amide bonds. The molecule has 112 valence electrons. The summed E-state index contributed by atoms with van der Waals surface area (Å²) >= 11 is 0. The minimum atomic E-state index is -4.16. The fourth-order valence-corrected chi connectivity index (χ4v) is 2.64. The Hall–Kier alpha value is -2.26. The summed E-state index contributed by atoms with van der Waals surface area (Å²) in [6.07, 6.45) is 1.15. The van der Waals surface area contributed by atoms with Gasteiger partial charge in [-0.3, -0.25) is 0 Å². The highest BCUT2D eigenvalue weighted by atomic mass is 32.2. The third kappa shape index (κ3) is 3.26. The molecule has 0 aromatic carbocycles. The van der Waals surface area contributed by atoms with Crippen LogP contribution in [0.25, 0.3) is 0 Å². The smallest absolute Gasteiger partial charge is 0.339 e. The molecule has 0 radical (unpaired) electrons. The highest BCUT2D eigenvalue weighted by Crippen LogP contribution is 2.16. The molecule has 7 nitrogen and oxygen atoms in total. The molecule has 0 bridgehead atoms. The molecular weight excluding hydrogens is 303 g/mol. The molecule has 0 fully saturated rings. The van der Waals surface area contributed by atoms with Gasteiger partial charge in [-0.15, -0.1) is 0 Å². The van der Waals surface area contributed by atoms with E-state index in [1.54, 1.807) is 0 Å². The lowest BCUT2D eigenvalue weighted by molar-refractivity contribution is 0.0695. The Labute approximate surface area is 119 Å². The van der Waals surface area contributed by atoms with Crippen LogP contribution in [0.5, 0.6) is 0 Å². The predicted octanol–water partition coefficient (Wildman–Crippen LogP) is 1.30. The number of hydrogen-bond acceptors (Lipinski definition) is 5. The lowest BCUT2D eigenvalue weighted by Gasteiger charge is -2.04. The van der Waals surface area contributed by atoms with Crippen LogP contribution in [-0.2, 0) is 16.6 Å². The fraction of sp³-hybridized carbons (Fsp3) is 0.167. The van der Waals surface area contributed by atoms with E-state index in [1.807, 2.05) is 0 Å². The Morgan fingerprint density at radius 2 is 2.24 bits per heavy atom. The monoisotopic (exact) mass is 314 g/mol. The molecule has 2 aromatic heterocycles. The number of halogens is 1.